The second-order valence-corrected chi connectivity index (χ2v) is 9.53. The van der Waals surface area contributed by atoms with Crippen LogP contribution in [0.15, 0.2) is 108 Å². The Balaban J connectivity index is 1.51. The third kappa shape index (κ3) is 4.40. The number of amides is 1. The van der Waals surface area contributed by atoms with Crippen molar-refractivity contribution in [2.24, 2.45) is 4.99 Å². The van der Waals surface area contributed by atoms with E-state index in [1.54, 1.807) is 17.0 Å². The summed E-state index contributed by atoms with van der Waals surface area (Å²) in [6.07, 6.45) is 2.44. The third-order valence-corrected chi connectivity index (χ3v) is 6.96. The highest BCUT2D eigenvalue weighted by atomic mass is 16.3. The average Bonchev–Trinajstić information content (AvgIpc) is 3.29. The van der Waals surface area contributed by atoms with Gasteiger partial charge in [0.15, 0.2) is 0 Å². The van der Waals surface area contributed by atoms with E-state index in [-0.39, 0.29) is 11.7 Å². The number of aliphatic imine (C=N–C) groups is 1. The first-order valence-electron chi connectivity index (χ1n) is 12.5. The number of H-pyrrole nitrogens is 1. The standard InChI is InChI=1S/C32H27N3O2/c1-21-11-13-22(14-12-21)20-35-30-18-25(36)15-16-27(30)31(23-7-3-2-4-8-23)34-29(32(35)37)17-24-19-33-28-10-6-5-9-26(24)28/h2-16,18-19,29,33,36H,17,20H2,1H3. The molecule has 0 spiro atoms. The van der Waals surface area contributed by atoms with Crippen molar-refractivity contribution < 1.29 is 9.90 Å². The van der Waals surface area contributed by atoms with Crippen molar-refractivity contribution in [1.82, 2.24) is 4.98 Å². The molecule has 1 aliphatic rings. The molecule has 5 heteroatoms. The predicted octanol–water partition coefficient (Wildman–Crippen LogP) is 6.18. The van der Waals surface area contributed by atoms with Gasteiger partial charge in [-0.2, -0.15) is 0 Å². The molecular weight excluding hydrogens is 458 g/mol. The van der Waals surface area contributed by atoms with Crippen LogP contribution >= 0.6 is 0 Å². The maximum absolute atomic E-state index is 14.3. The number of hydrogen-bond acceptors (Lipinski definition) is 3. The molecule has 1 aromatic heterocycles. The van der Waals surface area contributed by atoms with Crippen LogP contribution in [0.1, 0.15) is 27.8 Å². The fourth-order valence-corrected chi connectivity index (χ4v) is 5.03. The number of anilines is 1. The number of phenols is 1. The molecule has 2 heterocycles. The lowest BCUT2D eigenvalue weighted by Gasteiger charge is -2.25. The highest BCUT2D eigenvalue weighted by Crippen LogP contribution is 2.34. The molecule has 0 saturated heterocycles. The van der Waals surface area contributed by atoms with Crippen molar-refractivity contribution in [3.05, 3.63) is 131 Å². The Labute approximate surface area is 215 Å². The molecule has 6 rings (SSSR count). The summed E-state index contributed by atoms with van der Waals surface area (Å²) in [7, 11) is 0. The molecule has 1 atom stereocenters. The number of hydrogen-bond donors (Lipinski definition) is 2. The first kappa shape index (κ1) is 22.8. The first-order chi connectivity index (χ1) is 18.1. The van der Waals surface area contributed by atoms with Crippen molar-refractivity contribution in [3.8, 4) is 5.75 Å². The van der Waals surface area contributed by atoms with Crippen molar-refractivity contribution in [2.45, 2.75) is 25.9 Å². The largest absolute Gasteiger partial charge is 0.508 e. The van der Waals surface area contributed by atoms with Crippen LogP contribution in [0.2, 0.25) is 0 Å². The number of phenolic OH excluding ortho intramolecular Hbond substituents is 1. The molecule has 1 amide bonds. The van der Waals surface area contributed by atoms with Crippen molar-refractivity contribution in [2.75, 3.05) is 4.90 Å². The van der Waals surface area contributed by atoms with E-state index in [1.807, 2.05) is 79.9 Å². The van der Waals surface area contributed by atoms with Gasteiger partial charge in [0.2, 0.25) is 0 Å². The number of para-hydroxylation sites is 1. The number of aromatic hydroxyl groups is 1. The fraction of sp³-hybridized carbons (Fsp3) is 0.125. The Bertz CT molecular complexity index is 1620. The van der Waals surface area contributed by atoms with Crippen LogP contribution < -0.4 is 4.90 Å². The van der Waals surface area contributed by atoms with E-state index in [0.29, 0.717) is 18.7 Å². The van der Waals surface area contributed by atoms with Crippen LogP contribution in [0, 0.1) is 6.92 Å². The number of carbonyl (C=O) groups is 1. The number of nitrogens with zero attached hydrogens (tertiary/aromatic N) is 2. The summed E-state index contributed by atoms with van der Waals surface area (Å²) in [5.41, 5.74) is 7.44. The Morgan fingerprint density at radius 2 is 1.68 bits per heavy atom. The zero-order valence-electron chi connectivity index (χ0n) is 20.6. The Morgan fingerprint density at radius 3 is 2.49 bits per heavy atom. The summed E-state index contributed by atoms with van der Waals surface area (Å²) in [5.74, 6) is 0.0200. The third-order valence-electron chi connectivity index (χ3n) is 6.96. The van der Waals surface area contributed by atoms with E-state index < -0.39 is 6.04 Å². The lowest BCUT2D eigenvalue weighted by atomic mass is 9.99. The maximum Gasteiger partial charge on any atom is 0.252 e. The van der Waals surface area contributed by atoms with Gasteiger partial charge in [-0.15, -0.1) is 0 Å². The van der Waals surface area contributed by atoms with Gasteiger partial charge in [0.05, 0.1) is 17.9 Å². The fourth-order valence-electron chi connectivity index (χ4n) is 5.03. The van der Waals surface area contributed by atoms with Gasteiger partial charge in [0.1, 0.15) is 11.8 Å². The Kier molecular flexibility index (Phi) is 5.81. The minimum atomic E-state index is -0.630. The van der Waals surface area contributed by atoms with Gasteiger partial charge in [0, 0.05) is 40.7 Å². The number of aromatic nitrogens is 1. The summed E-state index contributed by atoms with van der Waals surface area (Å²) in [5, 5.41) is 11.5. The molecule has 0 radical (unpaired) electrons. The van der Waals surface area contributed by atoms with Crippen LogP contribution in [0.4, 0.5) is 5.69 Å². The zero-order valence-corrected chi connectivity index (χ0v) is 20.6. The van der Waals surface area contributed by atoms with Gasteiger partial charge >= 0.3 is 0 Å². The lowest BCUT2D eigenvalue weighted by Crippen LogP contribution is -2.38. The minimum absolute atomic E-state index is 0.0939. The molecule has 5 aromatic rings. The topological polar surface area (TPSA) is 68.7 Å². The van der Waals surface area contributed by atoms with Crippen LogP contribution in [0.5, 0.6) is 5.75 Å². The molecule has 0 bridgehead atoms. The van der Waals surface area contributed by atoms with E-state index in [9.17, 15) is 9.90 Å². The van der Waals surface area contributed by atoms with E-state index in [1.165, 1.54) is 0 Å². The highest BCUT2D eigenvalue weighted by Gasteiger charge is 2.33. The summed E-state index contributed by atoms with van der Waals surface area (Å²) >= 11 is 0. The number of benzene rings is 4. The maximum atomic E-state index is 14.3. The Hall–Kier alpha value is -4.64. The van der Waals surface area contributed by atoms with Crippen molar-refractivity contribution >= 4 is 28.2 Å². The van der Waals surface area contributed by atoms with Crippen molar-refractivity contribution in [3.63, 3.8) is 0 Å². The molecule has 5 nitrogen and oxygen atoms in total. The second kappa shape index (κ2) is 9.43. The Morgan fingerprint density at radius 1 is 0.919 bits per heavy atom. The number of nitrogens with one attached hydrogen (secondary N) is 1. The van der Waals surface area contributed by atoms with Gasteiger partial charge in [-0.25, -0.2) is 0 Å². The molecular formula is C32H27N3O2. The normalized spacial score (nSPS) is 15.4. The van der Waals surface area contributed by atoms with Crippen LogP contribution in [0.25, 0.3) is 10.9 Å². The molecule has 4 aromatic carbocycles. The van der Waals surface area contributed by atoms with Crippen molar-refractivity contribution in [1.29, 1.82) is 0 Å². The second-order valence-electron chi connectivity index (χ2n) is 9.53. The molecule has 2 N–H and O–H groups in total. The monoisotopic (exact) mass is 485 g/mol. The average molecular weight is 486 g/mol. The van der Waals surface area contributed by atoms with Crippen LogP contribution in [0.3, 0.4) is 0 Å². The molecule has 0 saturated carbocycles. The van der Waals surface area contributed by atoms with Gasteiger partial charge in [0.25, 0.3) is 5.91 Å². The predicted molar refractivity (Wildman–Crippen MR) is 148 cm³/mol. The van der Waals surface area contributed by atoms with Gasteiger partial charge < -0.3 is 15.0 Å². The van der Waals surface area contributed by atoms with Gasteiger partial charge in [-0.05, 0) is 36.2 Å². The number of aromatic amines is 1. The lowest BCUT2D eigenvalue weighted by molar-refractivity contribution is -0.119. The molecule has 1 aliphatic heterocycles. The van der Waals surface area contributed by atoms with Crippen LogP contribution in [-0.4, -0.2) is 27.8 Å². The SMILES string of the molecule is Cc1ccc(CN2C(=O)C(Cc3c[nH]c4ccccc34)N=C(c3ccccc3)c3ccc(O)cc32)cc1. The number of rotatable bonds is 5. The summed E-state index contributed by atoms with van der Waals surface area (Å²) in [6, 6.07) is 30.8. The van der Waals surface area contributed by atoms with E-state index >= 15 is 0 Å². The molecule has 0 aliphatic carbocycles. The minimum Gasteiger partial charge on any atom is -0.508 e. The summed E-state index contributed by atoms with van der Waals surface area (Å²) in [4.78, 5) is 24.5. The number of fused-ring (bicyclic) bond motifs is 2. The summed E-state index contributed by atoms with van der Waals surface area (Å²) in [6.45, 7) is 2.43. The summed E-state index contributed by atoms with van der Waals surface area (Å²) < 4.78 is 0. The van der Waals surface area contributed by atoms with E-state index in [2.05, 4.69) is 23.2 Å². The number of aryl methyl sites for hydroxylation is 1. The molecule has 0 fully saturated rings. The number of carbonyl (C=O) groups excluding carboxylic acids is 1. The van der Waals surface area contributed by atoms with Gasteiger partial charge in [-0.3, -0.25) is 9.79 Å². The molecule has 37 heavy (non-hydrogen) atoms. The van der Waals surface area contributed by atoms with E-state index in [4.69, 9.17) is 4.99 Å². The van der Waals surface area contributed by atoms with Crippen LogP contribution in [-0.2, 0) is 17.8 Å². The molecule has 182 valence electrons. The van der Waals surface area contributed by atoms with E-state index in [0.717, 1.165) is 44.4 Å². The quantitative estimate of drug-likeness (QED) is 0.312. The number of benzodiazepines with no additional fused rings is 1. The zero-order chi connectivity index (χ0) is 25.4. The smallest absolute Gasteiger partial charge is 0.252 e. The highest BCUT2D eigenvalue weighted by molar-refractivity contribution is 6.20. The molecule has 1 unspecified atom stereocenters. The first-order valence-corrected chi connectivity index (χ1v) is 12.5. The van der Waals surface area contributed by atoms with Gasteiger partial charge in [-0.1, -0.05) is 78.4 Å².